The molecule has 2 aromatic carbocycles. The lowest BCUT2D eigenvalue weighted by molar-refractivity contribution is -0.0266. The van der Waals surface area contributed by atoms with Crippen molar-refractivity contribution >= 4 is 16.9 Å². The molecule has 150 valence electrons. The van der Waals surface area contributed by atoms with E-state index in [1.165, 1.54) is 5.56 Å². The van der Waals surface area contributed by atoms with E-state index >= 15 is 0 Å². The Balaban J connectivity index is 1.60. The van der Waals surface area contributed by atoms with E-state index in [1.54, 1.807) is 12.4 Å². The number of aromatic amines is 1. The Kier molecular flexibility index (Phi) is 3.67. The van der Waals surface area contributed by atoms with Crippen molar-refractivity contribution in [2.24, 2.45) is 5.41 Å². The summed E-state index contributed by atoms with van der Waals surface area (Å²) in [4.78, 5) is 23.2. The van der Waals surface area contributed by atoms with Gasteiger partial charge in [0.1, 0.15) is 5.75 Å². The highest BCUT2D eigenvalue weighted by Crippen LogP contribution is 2.57. The normalized spacial score (nSPS) is 25.1. The fraction of sp³-hybridized carbons (Fsp3) is 0.417. The third-order valence-electron chi connectivity index (χ3n) is 7.88. The molecule has 1 fully saturated rings. The first kappa shape index (κ1) is 18.2. The number of H-pyrrole nitrogens is 1. The standard InChI is InChI=1S/C24H27N3O2/c1-14-10-18-19(26-13-25-18)11-15(14)22(29)27-9-8-24(4)17-6-5-7-20(28)16(17)12-21(27)23(24,2)3/h5-7,10-11,13,21,28H,8-9,12H2,1-4H3,(H,25,26). The highest BCUT2D eigenvalue weighted by molar-refractivity contribution is 5.99. The van der Waals surface area contributed by atoms with Crippen LogP contribution in [0.2, 0.25) is 0 Å². The fourth-order valence-electron chi connectivity index (χ4n) is 5.64. The van der Waals surface area contributed by atoms with Gasteiger partial charge in [0.25, 0.3) is 5.91 Å². The number of amides is 1. The summed E-state index contributed by atoms with van der Waals surface area (Å²) in [5.74, 6) is 0.413. The van der Waals surface area contributed by atoms with Crippen LogP contribution in [0.3, 0.4) is 0 Å². The number of carbonyl (C=O) groups excluding carboxylic acids is 1. The second-order valence-corrected chi connectivity index (χ2v) is 9.41. The topological polar surface area (TPSA) is 69.2 Å². The SMILES string of the molecule is Cc1cc2nc[nH]c2cc1C(=O)N1CCC2(C)c3cccc(O)c3CC1C2(C)C. The van der Waals surface area contributed by atoms with Crippen LogP contribution in [0.4, 0.5) is 0 Å². The molecule has 5 nitrogen and oxygen atoms in total. The lowest BCUT2D eigenvalue weighted by atomic mass is 9.51. The Hall–Kier alpha value is -2.82. The molecule has 0 spiro atoms. The number of aromatic nitrogens is 2. The summed E-state index contributed by atoms with van der Waals surface area (Å²) in [5, 5.41) is 10.6. The second kappa shape index (κ2) is 5.85. The number of imidazole rings is 1. The molecule has 1 amide bonds. The Bertz CT molecular complexity index is 1150. The van der Waals surface area contributed by atoms with Gasteiger partial charge in [-0.15, -0.1) is 0 Å². The van der Waals surface area contributed by atoms with Crippen LogP contribution in [-0.4, -0.2) is 38.5 Å². The van der Waals surface area contributed by atoms with E-state index in [4.69, 9.17) is 0 Å². The third kappa shape index (κ3) is 2.33. The Morgan fingerprint density at radius 1 is 1.28 bits per heavy atom. The number of likely N-dealkylation sites (tertiary alicyclic amines) is 1. The van der Waals surface area contributed by atoms with Crippen molar-refractivity contribution in [3.63, 3.8) is 0 Å². The van der Waals surface area contributed by atoms with E-state index < -0.39 is 0 Å². The minimum absolute atomic E-state index is 0.0337. The number of fused-ring (bicyclic) bond motifs is 5. The minimum Gasteiger partial charge on any atom is -0.508 e. The molecule has 2 aliphatic rings. The highest BCUT2D eigenvalue weighted by Gasteiger charge is 2.57. The number of rotatable bonds is 1. The summed E-state index contributed by atoms with van der Waals surface area (Å²) in [6.07, 6.45) is 3.22. The van der Waals surface area contributed by atoms with Crippen LogP contribution < -0.4 is 0 Å². The molecular formula is C24H27N3O2. The first-order valence-electron chi connectivity index (χ1n) is 10.3. The summed E-state index contributed by atoms with van der Waals surface area (Å²) >= 11 is 0. The average Bonchev–Trinajstić information content (AvgIpc) is 3.11. The predicted molar refractivity (Wildman–Crippen MR) is 113 cm³/mol. The molecule has 2 heterocycles. The number of phenolic OH excluding ortho intramolecular Hbond substituents is 1. The molecule has 5 heteroatoms. The number of piperidine rings is 1. The number of hydrogen-bond acceptors (Lipinski definition) is 3. The van der Waals surface area contributed by atoms with E-state index in [0.29, 0.717) is 12.2 Å². The van der Waals surface area contributed by atoms with E-state index in [1.807, 2.05) is 30.0 Å². The summed E-state index contributed by atoms with van der Waals surface area (Å²) in [6, 6.07) is 9.79. The number of hydrogen-bond donors (Lipinski definition) is 2. The van der Waals surface area contributed by atoms with Crippen molar-refractivity contribution in [1.29, 1.82) is 0 Å². The summed E-state index contributed by atoms with van der Waals surface area (Å²) in [6.45, 7) is 9.53. The number of nitrogens with zero attached hydrogens (tertiary/aromatic N) is 2. The molecule has 3 aromatic rings. The zero-order valence-corrected chi connectivity index (χ0v) is 17.4. The number of aryl methyl sites for hydroxylation is 1. The Morgan fingerprint density at radius 3 is 2.86 bits per heavy atom. The van der Waals surface area contributed by atoms with Gasteiger partial charge in [-0.1, -0.05) is 32.9 Å². The molecule has 1 aromatic heterocycles. The molecule has 2 unspecified atom stereocenters. The van der Waals surface area contributed by atoms with Gasteiger partial charge in [-0.3, -0.25) is 4.79 Å². The van der Waals surface area contributed by atoms with Gasteiger partial charge in [0.05, 0.1) is 17.4 Å². The molecule has 0 radical (unpaired) electrons. The molecule has 2 bridgehead atoms. The Labute approximate surface area is 170 Å². The minimum atomic E-state index is -0.103. The maximum Gasteiger partial charge on any atom is 0.254 e. The van der Waals surface area contributed by atoms with Crippen LogP contribution in [0.15, 0.2) is 36.7 Å². The molecule has 2 N–H and O–H groups in total. The molecule has 1 aliphatic heterocycles. The summed E-state index contributed by atoms with van der Waals surface area (Å²) in [5.41, 5.74) is 5.48. The molecule has 2 atom stereocenters. The van der Waals surface area contributed by atoms with Crippen LogP contribution in [-0.2, 0) is 11.8 Å². The number of carbonyl (C=O) groups is 1. The molecule has 1 saturated heterocycles. The van der Waals surface area contributed by atoms with Crippen LogP contribution in [0.1, 0.15) is 54.2 Å². The zero-order valence-electron chi connectivity index (χ0n) is 17.4. The van der Waals surface area contributed by atoms with E-state index in [0.717, 1.165) is 40.7 Å². The molecule has 5 rings (SSSR count). The average molecular weight is 389 g/mol. The molecule has 0 saturated carbocycles. The van der Waals surface area contributed by atoms with Crippen molar-refractivity contribution < 1.29 is 9.90 Å². The smallest absolute Gasteiger partial charge is 0.254 e. The zero-order chi connectivity index (χ0) is 20.6. The molecular weight excluding hydrogens is 362 g/mol. The van der Waals surface area contributed by atoms with Gasteiger partial charge >= 0.3 is 0 Å². The van der Waals surface area contributed by atoms with Crippen molar-refractivity contribution in [3.8, 4) is 5.75 Å². The van der Waals surface area contributed by atoms with Gasteiger partial charge in [0, 0.05) is 23.6 Å². The third-order valence-corrected chi connectivity index (χ3v) is 7.88. The van der Waals surface area contributed by atoms with Crippen LogP contribution in [0.5, 0.6) is 5.75 Å². The van der Waals surface area contributed by atoms with Gasteiger partial charge in [0.15, 0.2) is 0 Å². The second-order valence-electron chi connectivity index (χ2n) is 9.41. The number of nitrogens with one attached hydrogen (secondary N) is 1. The van der Waals surface area contributed by atoms with Crippen LogP contribution in [0, 0.1) is 12.3 Å². The van der Waals surface area contributed by atoms with Crippen molar-refractivity contribution in [1.82, 2.24) is 14.9 Å². The van der Waals surface area contributed by atoms with Gasteiger partial charge < -0.3 is 15.0 Å². The van der Waals surface area contributed by atoms with Gasteiger partial charge in [0.2, 0.25) is 0 Å². The maximum atomic E-state index is 13.7. The molecule has 1 aliphatic carbocycles. The van der Waals surface area contributed by atoms with Gasteiger partial charge in [-0.2, -0.15) is 0 Å². The quantitative estimate of drug-likeness (QED) is 0.651. The van der Waals surface area contributed by atoms with Crippen LogP contribution >= 0.6 is 0 Å². The lowest BCUT2D eigenvalue weighted by Gasteiger charge is -2.60. The van der Waals surface area contributed by atoms with Crippen molar-refractivity contribution in [3.05, 3.63) is 58.9 Å². The number of benzene rings is 2. The first-order chi connectivity index (χ1) is 13.7. The van der Waals surface area contributed by atoms with E-state index in [-0.39, 0.29) is 22.8 Å². The monoisotopic (exact) mass is 389 g/mol. The van der Waals surface area contributed by atoms with E-state index in [2.05, 4.69) is 36.8 Å². The number of aromatic hydroxyl groups is 1. The first-order valence-corrected chi connectivity index (χ1v) is 10.3. The Morgan fingerprint density at radius 2 is 2.07 bits per heavy atom. The molecule has 29 heavy (non-hydrogen) atoms. The highest BCUT2D eigenvalue weighted by atomic mass is 16.3. The van der Waals surface area contributed by atoms with E-state index in [9.17, 15) is 9.90 Å². The largest absolute Gasteiger partial charge is 0.508 e. The number of phenols is 1. The van der Waals surface area contributed by atoms with Crippen molar-refractivity contribution in [2.75, 3.05) is 6.54 Å². The van der Waals surface area contributed by atoms with Gasteiger partial charge in [-0.05, 0) is 60.1 Å². The predicted octanol–water partition coefficient (Wildman–Crippen LogP) is 4.33. The van der Waals surface area contributed by atoms with Crippen molar-refractivity contribution in [2.45, 2.75) is 52.0 Å². The fourth-order valence-corrected chi connectivity index (χ4v) is 5.64. The maximum absolute atomic E-state index is 13.7. The summed E-state index contributed by atoms with van der Waals surface area (Å²) < 4.78 is 0. The summed E-state index contributed by atoms with van der Waals surface area (Å²) in [7, 11) is 0. The van der Waals surface area contributed by atoms with Gasteiger partial charge in [-0.25, -0.2) is 4.98 Å². The van der Waals surface area contributed by atoms with Crippen LogP contribution in [0.25, 0.3) is 11.0 Å². The lowest BCUT2D eigenvalue weighted by Crippen LogP contribution is -2.64.